The first kappa shape index (κ1) is 15.4. The molecule has 2 aromatic rings. The van der Waals surface area contributed by atoms with Gasteiger partial charge in [0.2, 0.25) is 0 Å². The minimum atomic E-state index is -0.626. The minimum absolute atomic E-state index is 0.0342. The van der Waals surface area contributed by atoms with E-state index in [0.717, 1.165) is 17.7 Å². The van der Waals surface area contributed by atoms with Gasteiger partial charge in [-0.15, -0.1) is 0 Å². The third kappa shape index (κ3) is 2.75. The van der Waals surface area contributed by atoms with Crippen LogP contribution in [0.2, 0.25) is 0 Å². The Morgan fingerprint density at radius 3 is 2.26 bits per heavy atom. The van der Waals surface area contributed by atoms with E-state index < -0.39 is 22.8 Å². The van der Waals surface area contributed by atoms with Crippen LogP contribution in [0.3, 0.4) is 0 Å². The van der Waals surface area contributed by atoms with Crippen molar-refractivity contribution in [3.63, 3.8) is 0 Å². The van der Waals surface area contributed by atoms with Gasteiger partial charge in [-0.2, -0.15) is 0 Å². The summed E-state index contributed by atoms with van der Waals surface area (Å²) >= 11 is 0. The van der Waals surface area contributed by atoms with Crippen molar-refractivity contribution in [2.75, 3.05) is 13.1 Å². The normalized spacial score (nSPS) is 14.0. The molecule has 120 valence electrons. The molecule has 0 radical (unpaired) electrons. The predicted molar refractivity (Wildman–Crippen MR) is 82.0 cm³/mol. The number of halogens is 1. The van der Waals surface area contributed by atoms with E-state index in [1.54, 1.807) is 7.05 Å². The van der Waals surface area contributed by atoms with Crippen molar-refractivity contribution < 1.29 is 9.18 Å². The largest absolute Gasteiger partial charge is 0.330 e. The zero-order valence-corrected chi connectivity index (χ0v) is 12.9. The van der Waals surface area contributed by atoms with Gasteiger partial charge in [-0.1, -0.05) is 0 Å². The Labute approximate surface area is 131 Å². The van der Waals surface area contributed by atoms with E-state index in [9.17, 15) is 18.8 Å². The van der Waals surface area contributed by atoms with Crippen molar-refractivity contribution in [1.29, 1.82) is 0 Å². The second kappa shape index (κ2) is 5.58. The van der Waals surface area contributed by atoms with Crippen LogP contribution in [0.15, 0.2) is 33.9 Å². The number of hydrogen-bond donors (Lipinski definition) is 0. The number of carbonyl (C=O) groups excluding carboxylic acids is 1. The van der Waals surface area contributed by atoms with Crippen molar-refractivity contribution in [1.82, 2.24) is 14.0 Å². The van der Waals surface area contributed by atoms with E-state index in [0.29, 0.717) is 12.2 Å². The van der Waals surface area contributed by atoms with E-state index in [2.05, 4.69) is 0 Å². The van der Waals surface area contributed by atoms with E-state index in [4.69, 9.17) is 0 Å². The Kier molecular flexibility index (Phi) is 3.73. The van der Waals surface area contributed by atoms with Crippen LogP contribution < -0.4 is 11.2 Å². The Hall–Kier alpha value is -2.54. The van der Waals surface area contributed by atoms with E-state index in [1.807, 2.05) is 4.90 Å². The maximum atomic E-state index is 13.0. The highest BCUT2D eigenvalue weighted by Crippen LogP contribution is 2.16. The first-order valence-corrected chi connectivity index (χ1v) is 7.21. The van der Waals surface area contributed by atoms with Crippen LogP contribution in [0.4, 0.5) is 4.39 Å². The van der Waals surface area contributed by atoms with Gasteiger partial charge in [0.05, 0.1) is 5.69 Å². The van der Waals surface area contributed by atoms with Gasteiger partial charge < -0.3 is 0 Å². The maximum Gasteiger partial charge on any atom is 0.330 e. The van der Waals surface area contributed by atoms with Crippen molar-refractivity contribution >= 4 is 5.78 Å². The van der Waals surface area contributed by atoms with Gasteiger partial charge in [-0.05, 0) is 24.3 Å². The quantitative estimate of drug-likeness (QED) is 0.600. The van der Waals surface area contributed by atoms with Crippen LogP contribution in [-0.4, -0.2) is 32.9 Å². The van der Waals surface area contributed by atoms with Crippen LogP contribution >= 0.6 is 0 Å². The molecule has 0 spiro atoms. The summed E-state index contributed by atoms with van der Waals surface area (Å²) in [5, 5.41) is 0. The van der Waals surface area contributed by atoms with Gasteiger partial charge in [-0.3, -0.25) is 23.6 Å². The molecule has 1 aromatic carbocycles. The van der Waals surface area contributed by atoms with Gasteiger partial charge in [-0.25, -0.2) is 9.18 Å². The zero-order chi connectivity index (χ0) is 16.7. The number of hydrogen-bond acceptors (Lipinski definition) is 4. The lowest BCUT2D eigenvalue weighted by atomic mass is 10.0. The number of carbonyl (C=O) groups is 1. The van der Waals surface area contributed by atoms with Crippen molar-refractivity contribution in [3.05, 3.63) is 67.7 Å². The molecule has 2 heterocycles. The van der Waals surface area contributed by atoms with Crippen LogP contribution in [0.1, 0.15) is 21.6 Å². The molecule has 3 rings (SSSR count). The highest BCUT2D eigenvalue weighted by molar-refractivity contribution is 6.09. The molecule has 0 aliphatic carbocycles. The molecule has 0 atom stereocenters. The molecule has 0 bridgehead atoms. The highest BCUT2D eigenvalue weighted by Gasteiger charge is 2.27. The summed E-state index contributed by atoms with van der Waals surface area (Å²) in [6.45, 7) is 2.10. The molecule has 7 heteroatoms. The molecular weight excluding hydrogens is 301 g/mol. The highest BCUT2D eigenvalue weighted by atomic mass is 19.1. The third-order valence-corrected chi connectivity index (χ3v) is 4.03. The molecule has 1 aliphatic rings. The fourth-order valence-electron chi connectivity index (χ4n) is 2.49. The number of nitrogens with zero attached hydrogens (tertiary/aromatic N) is 3. The molecule has 23 heavy (non-hydrogen) atoms. The summed E-state index contributed by atoms with van der Waals surface area (Å²) in [5.74, 6) is -0.961. The fraction of sp³-hybridized carbons (Fsp3) is 0.312. The predicted octanol–water partition coefficient (Wildman–Crippen LogP) is 0.270. The summed E-state index contributed by atoms with van der Waals surface area (Å²) < 4.78 is 15.3. The summed E-state index contributed by atoms with van der Waals surface area (Å²) in [4.78, 5) is 39.4. The number of aromatic nitrogens is 2. The second-order valence-electron chi connectivity index (χ2n) is 5.64. The molecular formula is C16H16FN3O3. The fourth-order valence-corrected chi connectivity index (χ4v) is 2.49. The average molecular weight is 317 g/mol. The molecule has 0 saturated carbocycles. The van der Waals surface area contributed by atoms with Crippen LogP contribution in [0.25, 0.3) is 0 Å². The summed E-state index contributed by atoms with van der Waals surface area (Å²) in [5.41, 5.74) is -0.519. The van der Waals surface area contributed by atoms with Gasteiger partial charge in [0.1, 0.15) is 11.4 Å². The number of benzene rings is 1. The zero-order valence-electron chi connectivity index (χ0n) is 12.9. The Bertz CT molecular complexity index is 893. The van der Waals surface area contributed by atoms with Crippen LogP contribution in [0, 0.1) is 5.82 Å². The molecule has 0 unspecified atom stereocenters. The van der Waals surface area contributed by atoms with E-state index >= 15 is 0 Å². The lowest BCUT2D eigenvalue weighted by Gasteiger charge is -2.15. The molecule has 1 saturated heterocycles. The Balaban J connectivity index is 2.20. The van der Waals surface area contributed by atoms with Gasteiger partial charge in [0.15, 0.2) is 5.78 Å². The van der Waals surface area contributed by atoms with Gasteiger partial charge >= 0.3 is 5.69 Å². The minimum Gasteiger partial charge on any atom is -0.299 e. The SMILES string of the molecule is Cn1c(CN2CC2)c(C(=O)c2ccc(F)cc2)c(=O)n(C)c1=O. The molecule has 0 amide bonds. The second-order valence-corrected chi connectivity index (χ2v) is 5.64. The van der Waals surface area contributed by atoms with Crippen molar-refractivity contribution in [2.45, 2.75) is 6.54 Å². The summed E-state index contributed by atoms with van der Waals surface area (Å²) in [6, 6.07) is 5.01. The van der Waals surface area contributed by atoms with Crippen LogP contribution in [0.5, 0.6) is 0 Å². The Morgan fingerprint density at radius 1 is 1.09 bits per heavy atom. The first-order valence-electron chi connectivity index (χ1n) is 7.21. The van der Waals surface area contributed by atoms with E-state index in [1.165, 1.54) is 35.9 Å². The molecule has 6 nitrogen and oxygen atoms in total. The topological polar surface area (TPSA) is 64.1 Å². The smallest absolute Gasteiger partial charge is 0.299 e. The standard InChI is InChI=1S/C16H16FN3O3/c1-18-12(9-20-7-8-20)13(15(22)19(2)16(18)23)14(21)10-3-5-11(17)6-4-10/h3-6H,7-9H2,1-2H3. The van der Waals surface area contributed by atoms with Crippen molar-refractivity contribution in [2.24, 2.45) is 14.1 Å². The molecule has 1 aromatic heterocycles. The third-order valence-electron chi connectivity index (χ3n) is 4.03. The summed E-state index contributed by atoms with van der Waals surface area (Å²) in [7, 11) is 2.88. The van der Waals surface area contributed by atoms with Crippen molar-refractivity contribution in [3.8, 4) is 0 Å². The average Bonchev–Trinajstić information content (AvgIpc) is 3.35. The molecule has 1 fully saturated rings. The maximum absolute atomic E-state index is 13.0. The number of ketones is 1. The lowest BCUT2D eigenvalue weighted by Crippen LogP contribution is -2.43. The van der Waals surface area contributed by atoms with Crippen LogP contribution in [-0.2, 0) is 20.6 Å². The van der Waals surface area contributed by atoms with Gasteiger partial charge in [0.25, 0.3) is 5.56 Å². The molecule has 0 N–H and O–H groups in total. The molecule has 1 aliphatic heterocycles. The summed E-state index contributed by atoms with van der Waals surface area (Å²) in [6.07, 6.45) is 0. The van der Waals surface area contributed by atoms with Gasteiger partial charge in [0, 0.05) is 39.3 Å². The van der Waals surface area contributed by atoms with E-state index in [-0.39, 0.29) is 11.1 Å². The Morgan fingerprint density at radius 2 is 1.70 bits per heavy atom. The number of rotatable bonds is 4. The monoisotopic (exact) mass is 317 g/mol. The lowest BCUT2D eigenvalue weighted by molar-refractivity contribution is 0.103. The first-order chi connectivity index (χ1) is 10.9.